The number of aromatic nitrogens is 2. The maximum Gasteiger partial charge on any atom is 0.145 e. The van der Waals surface area contributed by atoms with Crippen LogP contribution < -0.4 is 0 Å². The van der Waals surface area contributed by atoms with E-state index in [2.05, 4.69) is 163 Å². The van der Waals surface area contributed by atoms with Gasteiger partial charge in [-0.25, -0.2) is 4.98 Å². The zero-order chi connectivity index (χ0) is 31.3. The number of hydrogen-bond acceptors (Lipinski definition) is 2. The summed E-state index contributed by atoms with van der Waals surface area (Å²) < 4.78 is 2.26. The van der Waals surface area contributed by atoms with E-state index in [1.807, 2.05) is 6.07 Å². The molecule has 7 aromatic carbocycles. The number of imidazole rings is 1. The second-order valence-corrected chi connectivity index (χ2v) is 12.3. The molecular weight excluding hydrogens is 571 g/mol. The fraction of sp³-hybridized carbons (Fsp3) is 0.0455. The van der Waals surface area contributed by atoms with E-state index in [0.29, 0.717) is 0 Å². The van der Waals surface area contributed by atoms with Gasteiger partial charge in [0.05, 0.1) is 16.7 Å². The van der Waals surface area contributed by atoms with Crippen molar-refractivity contribution in [2.75, 3.05) is 0 Å². The standard InChI is InChI=1S/C44H31N3/c1-29-40-28-33(23-24-39(40)38-15-7-5-11-34(38)27-35-12-6-8-16-41(35)45-29)31-19-20-32-26-36(22-21-30(32)25-31)44-46-42-17-9-10-18-43(42)47(44)37-13-3-2-4-14-37/h2-26,28H,27H2,1H3. The first kappa shape index (κ1) is 27.3. The van der Waals surface area contributed by atoms with Crippen LogP contribution in [0.1, 0.15) is 23.6 Å². The van der Waals surface area contributed by atoms with Crippen molar-refractivity contribution in [3.05, 3.63) is 174 Å². The van der Waals surface area contributed by atoms with E-state index in [0.717, 1.165) is 45.9 Å². The van der Waals surface area contributed by atoms with Crippen molar-refractivity contribution in [1.29, 1.82) is 0 Å². The molecule has 0 unspecified atom stereocenters. The molecule has 9 rings (SSSR count). The van der Waals surface area contributed by atoms with Crippen LogP contribution in [0.3, 0.4) is 0 Å². The van der Waals surface area contributed by atoms with E-state index < -0.39 is 0 Å². The summed E-state index contributed by atoms with van der Waals surface area (Å²) in [5.74, 6) is 0.942. The van der Waals surface area contributed by atoms with E-state index in [1.54, 1.807) is 0 Å². The van der Waals surface area contributed by atoms with Crippen LogP contribution in [-0.4, -0.2) is 15.3 Å². The molecule has 222 valence electrons. The van der Waals surface area contributed by atoms with Crippen LogP contribution in [0, 0.1) is 0 Å². The van der Waals surface area contributed by atoms with E-state index in [-0.39, 0.29) is 0 Å². The van der Waals surface area contributed by atoms with Gasteiger partial charge in [-0.2, -0.15) is 0 Å². The van der Waals surface area contributed by atoms with Crippen molar-refractivity contribution >= 4 is 33.2 Å². The molecule has 1 aliphatic rings. The van der Waals surface area contributed by atoms with Gasteiger partial charge in [0.25, 0.3) is 0 Å². The first-order chi connectivity index (χ1) is 23.2. The zero-order valence-electron chi connectivity index (χ0n) is 26.1. The van der Waals surface area contributed by atoms with E-state index in [4.69, 9.17) is 9.98 Å². The lowest BCUT2D eigenvalue weighted by Crippen LogP contribution is -1.99. The largest absolute Gasteiger partial charge is 0.292 e. The molecule has 8 aromatic rings. The van der Waals surface area contributed by atoms with E-state index in [1.165, 1.54) is 49.7 Å². The third kappa shape index (κ3) is 4.76. The summed E-state index contributed by atoms with van der Waals surface area (Å²) in [6, 6.07) is 56.4. The number of rotatable bonds is 3. The summed E-state index contributed by atoms with van der Waals surface area (Å²) in [4.78, 5) is 10.2. The van der Waals surface area contributed by atoms with Gasteiger partial charge in [-0.3, -0.25) is 9.56 Å². The predicted octanol–water partition coefficient (Wildman–Crippen LogP) is 11.2. The number of aliphatic imine (C=N–C) groups is 1. The van der Waals surface area contributed by atoms with Crippen molar-refractivity contribution < 1.29 is 0 Å². The summed E-state index contributed by atoms with van der Waals surface area (Å²) in [5, 5.41) is 2.38. The lowest BCUT2D eigenvalue weighted by molar-refractivity contribution is 1.10. The van der Waals surface area contributed by atoms with Crippen LogP contribution in [0.15, 0.2) is 163 Å². The Morgan fingerprint density at radius 3 is 2.04 bits per heavy atom. The quantitative estimate of drug-likeness (QED) is 0.198. The van der Waals surface area contributed by atoms with Crippen molar-refractivity contribution in [1.82, 2.24) is 9.55 Å². The molecule has 0 radical (unpaired) electrons. The van der Waals surface area contributed by atoms with Crippen molar-refractivity contribution in [3.63, 3.8) is 0 Å². The second-order valence-electron chi connectivity index (χ2n) is 12.3. The fourth-order valence-corrected chi connectivity index (χ4v) is 7.03. The Morgan fingerprint density at radius 1 is 0.511 bits per heavy atom. The molecule has 0 amide bonds. The molecule has 1 aliphatic heterocycles. The third-order valence-electron chi connectivity index (χ3n) is 9.38. The zero-order valence-corrected chi connectivity index (χ0v) is 26.1. The highest BCUT2D eigenvalue weighted by atomic mass is 15.1. The molecule has 0 atom stereocenters. The van der Waals surface area contributed by atoms with E-state index >= 15 is 0 Å². The van der Waals surface area contributed by atoms with Gasteiger partial charge < -0.3 is 0 Å². The van der Waals surface area contributed by atoms with Gasteiger partial charge in [-0.15, -0.1) is 0 Å². The Hall–Kier alpha value is -6.06. The van der Waals surface area contributed by atoms with Gasteiger partial charge in [-0.1, -0.05) is 109 Å². The minimum atomic E-state index is 0.860. The number of nitrogens with zero attached hydrogens (tertiary/aromatic N) is 3. The molecule has 1 aromatic heterocycles. The smallest absolute Gasteiger partial charge is 0.145 e. The maximum absolute atomic E-state index is 5.16. The molecule has 2 heterocycles. The van der Waals surface area contributed by atoms with Crippen LogP contribution in [0.5, 0.6) is 0 Å². The normalized spacial score (nSPS) is 12.4. The second kappa shape index (κ2) is 11.1. The number of benzene rings is 7. The van der Waals surface area contributed by atoms with Crippen molar-refractivity contribution in [2.45, 2.75) is 13.3 Å². The minimum absolute atomic E-state index is 0.860. The Morgan fingerprint density at radius 2 is 1.17 bits per heavy atom. The minimum Gasteiger partial charge on any atom is -0.292 e. The van der Waals surface area contributed by atoms with Crippen LogP contribution in [0.4, 0.5) is 5.69 Å². The van der Waals surface area contributed by atoms with Gasteiger partial charge in [0.15, 0.2) is 0 Å². The number of fused-ring (bicyclic) bond motifs is 6. The number of para-hydroxylation sites is 4. The van der Waals surface area contributed by atoms with Gasteiger partial charge in [0, 0.05) is 28.9 Å². The summed E-state index contributed by atoms with van der Waals surface area (Å²) in [6.45, 7) is 2.14. The van der Waals surface area contributed by atoms with Crippen LogP contribution in [0.2, 0.25) is 0 Å². The van der Waals surface area contributed by atoms with E-state index in [9.17, 15) is 0 Å². The molecule has 0 aliphatic carbocycles. The third-order valence-corrected chi connectivity index (χ3v) is 9.38. The van der Waals surface area contributed by atoms with Crippen molar-refractivity contribution in [2.24, 2.45) is 4.99 Å². The summed E-state index contributed by atoms with van der Waals surface area (Å²) in [6.07, 6.45) is 0.860. The van der Waals surface area contributed by atoms with Gasteiger partial charge in [0.2, 0.25) is 0 Å². The molecule has 0 N–H and O–H groups in total. The Kier molecular flexibility index (Phi) is 6.43. The van der Waals surface area contributed by atoms with Crippen molar-refractivity contribution in [3.8, 4) is 39.3 Å². The molecule has 3 nitrogen and oxygen atoms in total. The molecule has 0 saturated carbocycles. The Bertz CT molecular complexity index is 2500. The highest BCUT2D eigenvalue weighted by Crippen LogP contribution is 2.37. The topological polar surface area (TPSA) is 30.2 Å². The monoisotopic (exact) mass is 601 g/mol. The molecule has 0 spiro atoms. The SMILES string of the molecule is CC1=Nc2ccccc2Cc2ccccc2-c2ccc(-c3ccc4cc(-c5nc6ccccc6n5-c5ccccc5)ccc4c3)cc21. The molecule has 0 saturated heterocycles. The molecule has 3 heteroatoms. The van der Waals surface area contributed by atoms with Crippen LogP contribution in [-0.2, 0) is 6.42 Å². The summed E-state index contributed by atoms with van der Waals surface area (Å²) >= 11 is 0. The predicted molar refractivity (Wildman–Crippen MR) is 196 cm³/mol. The average Bonchev–Trinajstić information content (AvgIpc) is 3.53. The summed E-state index contributed by atoms with van der Waals surface area (Å²) in [7, 11) is 0. The summed E-state index contributed by atoms with van der Waals surface area (Å²) in [5.41, 5.74) is 15.0. The maximum atomic E-state index is 5.16. The average molecular weight is 602 g/mol. The fourth-order valence-electron chi connectivity index (χ4n) is 7.03. The highest BCUT2D eigenvalue weighted by molar-refractivity contribution is 6.07. The Balaban J connectivity index is 1.15. The van der Waals surface area contributed by atoms with Crippen LogP contribution in [0.25, 0.3) is 61.1 Å². The van der Waals surface area contributed by atoms with Gasteiger partial charge in [-0.05, 0) is 99.6 Å². The van der Waals surface area contributed by atoms with Crippen LogP contribution >= 0.6 is 0 Å². The highest BCUT2D eigenvalue weighted by Gasteiger charge is 2.18. The molecule has 0 fully saturated rings. The first-order valence-corrected chi connectivity index (χ1v) is 16.1. The lowest BCUT2D eigenvalue weighted by atomic mass is 9.89. The number of hydrogen-bond donors (Lipinski definition) is 0. The molecule has 47 heavy (non-hydrogen) atoms. The lowest BCUT2D eigenvalue weighted by Gasteiger charge is -2.15. The Labute approximate surface area is 274 Å². The molecular formula is C44H31N3. The van der Waals surface area contributed by atoms with Gasteiger partial charge in [0.1, 0.15) is 5.82 Å². The molecule has 0 bridgehead atoms. The first-order valence-electron chi connectivity index (χ1n) is 16.1. The van der Waals surface area contributed by atoms with Gasteiger partial charge >= 0.3 is 0 Å².